The summed E-state index contributed by atoms with van der Waals surface area (Å²) in [6, 6.07) is 1.31. The van der Waals surface area contributed by atoms with E-state index in [0.29, 0.717) is 24.5 Å². The largest absolute Gasteiger partial charge is 0.300 e. The molecule has 94 valence electrons. The molecule has 2 unspecified atom stereocenters. The molecule has 16 heavy (non-hydrogen) atoms. The van der Waals surface area contributed by atoms with Crippen LogP contribution in [0.2, 0.25) is 0 Å². The molecule has 2 fully saturated rings. The van der Waals surface area contributed by atoms with Gasteiger partial charge in [0.2, 0.25) is 10.0 Å². The van der Waals surface area contributed by atoms with E-state index < -0.39 is 10.0 Å². The summed E-state index contributed by atoms with van der Waals surface area (Å²) in [7, 11) is -1.06. The molecule has 0 saturated carbocycles. The van der Waals surface area contributed by atoms with Gasteiger partial charge in [-0.2, -0.15) is 0 Å². The first kappa shape index (κ1) is 12.6. The van der Waals surface area contributed by atoms with Crippen molar-refractivity contribution in [3.05, 3.63) is 0 Å². The molecule has 1 N–H and O–H groups in total. The van der Waals surface area contributed by atoms with Crippen LogP contribution in [-0.2, 0) is 10.0 Å². The van der Waals surface area contributed by atoms with Crippen LogP contribution in [0.5, 0.6) is 0 Å². The van der Waals surface area contributed by atoms with Gasteiger partial charge in [-0.25, -0.2) is 13.1 Å². The number of halogens is 1. The maximum atomic E-state index is 11.2. The van der Waals surface area contributed by atoms with E-state index in [0.717, 1.165) is 12.8 Å². The molecule has 2 rings (SSSR count). The van der Waals surface area contributed by atoms with Crippen molar-refractivity contribution in [1.82, 2.24) is 9.62 Å². The standard InChI is InChI=1S/C10H19ClN2O2S/c1-13-9-2-3-10(13)5-8(4-9)6-12-16(14,15)7-11/h8-10,12H,2-7H2,1H3. The SMILES string of the molecule is CN1C2CCC1CC(CNS(=O)(=O)CCl)C2. The van der Waals surface area contributed by atoms with Crippen LogP contribution < -0.4 is 4.72 Å². The van der Waals surface area contributed by atoms with E-state index >= 15 is 0 Å². The number of piperidine rings is 1. The molecule has 2 heterocycles. The number of alkyl halides is 1. The molecule has 0 radical (unpaired) electrons. The van der Waals surface area contributed by atoms with Gasteiger partial charge in [-0.1, -0.05) is 0 Å². The zero-order chi connectivity index (χ0) is 11.8. The minimum atomic E-state index is -3.25. The van der Waals surface area contributed by atoms with Crippen molar-refractivity contribution < 1.29 is 8.42 Å². The second-order valence-corrected chi connectivity index (χ2v) is 7.35. The highest BCUT2D eigenvalue weighted by molar-refractivity contribution is 7.90. The lowest BCUT2D eigenvalue weighted by molar-refractivity contribution is 0.135. The Kier molecular flexibility index (Phi) is 3.79. The van der Waals surface area contributed by atoms with Crippen molar-refractivity contribution in [2.75, 3.05) is 18.8 Å². The van der Waals surface area contributed by atoms with Crippen molar-refractivity contribution >= 4 is 21.6 Å². The fourth-order valence-electron chi connectivity index (χ4n) is 2.97. The van der Waals surface area contributed by atoms with Crippen LogP contribution in [0.25, 0.3) is 0 Å². The van der Waals surface area contributed by atoms with Gasteiger partial charge in [0, 0.05) is 18.6 Å². The van der Waals surface area contributed by atoms with E-state index in [9.17, 15) is 8.42 Å². The molecule has 2 atom stereocenters. The fraction of sp³-hybridized carbons (Fsp3) is 1.00. The van der Waals surface area contributed by atoms with Crippen LogP contribution >= 0.6 is 11.6 Å². The average Bonchev–Trinajstić information content (AvgIpc) is 2.51. The third kappa shape index (κ3) is 2.70. The first-order valence-corrected chi connectivity index (χ1v) is 7.96. The maximum Gasteiger partial charge on any atom is 0.225 e. The highest BCUT2D eigenvalue weighted by Crippen LogP contribution is 2.37. The molecular weight excluding hydrogens is 248 g/mol. The minimum Gasteiger partial charge on any atom is -0.300 e. The third-order valence-corrected chi connectivity index (χ3v) is 5.69. The lowest BCUT2D eigenvalue weighted by Crippen LogP contribution is -2.43. The molecule has 0 aromatic carbocycles. The highest BCUT2D eigenvalue weighted by atomic mass is 35.5. The van der Waals surface area contributed by atoms with Crippen molar-refractivity contribution in [3.8, 4) is 0 Å². The predicted octanol–water partition coefficient (Wildman–Crippen LogP) is 0.975. The Morgan fingerprint density at radius 2 is 1.88 bits per heavy atom. The summed E-state index contributed by atoms with van der Waals surface area (Å²) in [6.07, 6.45) is 4.75. The average molecular weight is 267 g/mol. The molecule has 0 aliphatic carbocycles. The molecule has 0 amide bonds. The van der Waals surface area contributed by atoms with Gasteiger partial charge < -0.3 is 4.90 Å². The van der Waals surface area contributed by atoms with E-state index in [1.54, 1.807) is 0 Å². The Labute approximate surface area is 102 Å². The number of nitrogens with zero attached hydrogens (tertiary/aromatic N) is 1. The van der Waals surface area contributed by atoms with Crippen molar-refractivity contribution in [3.63, 3.8) is 0 Å². The predicted molar refractivity (Wildman–Crippen MR) is 64.9 cm³/mol. The smallest absolute Gasteiger partial charge is 0.225 e. The molecule has 0 aromatic rings. The maximum absolute atomic E-state index is 11.2. The number of sulfonamides is 1. The second kappa shape index (κ2) is 4.80. The number of hydrogen-bond donors (Lipinski definition) is 1. The summed E-state index contributed by atoms with van der Waals surface area (Å²) in [6.45, 7) is 0.551. The summed E-state index contributed by atoms with van der Waals surface area (Å²) in [4.78, 5) is 2.45. The first-order chi connectivity index (χ1) is 7.52. The number of hydrogen-bond acceptors (Lipinski definition) is 3. The number of rotatable bonds is 4. The van der Waals surface area contributed by atoms with Crippen LogP contribution in [-0.4, -0.2) is 44.2 Å². The molecule has 2 bridgehead atoms. The van der Waals surface area contributed by atoms with Gasteiger partial charge in [0.25, 0.3) is 0 Å². The van der Waals surface area contributed by atoms with E-state index in [2.05, 4.69) is 16.7 Å². The van der Waals surface area contributed by atoms with Gasteiger partial charge in [-0.15, -0.1) is 11.6 Å². The van der Waals surface area contributed by atoms with Gasteiger partial charge in [0.15, 0.2) is 0 Å². The summed E-state index contributed by atoms with van der Waals surface area (Å²) in [5.41, 5.74) is 0. The molecule has 6 heteroatoms. The lowest BCUT2D eigenvalue weighted by atomic mass is 9.91. The Bertz CT molecular complexity index is 333. The zero-order valence-electron chi connectivity index (χ0n) is 9.52. The Morgan fingerprint density at radius 3 is 2.38 bits per heavy atom. The topological polar surface area (TPSA) is 49.4 Å². The van der Waals surface area contributed by atoms with Gasteiger partial charge in [0.05, 0.1) is 0 Å². The van der Waals surface area contributed by atoms with Crippen molar-refractivity contribution in [1.29, 1.82) is 0 Å². The Hall–Kier alpha value is 0.160. The van der Waals surface area contributed by atoms with Crippen molar-refractivity contribution in [2.24, 2.45) is 5.92 Å². The molecule has 0 aromatic heterocycles. The minimum absolute atomic E-state index is 0.341. The van der Waals surface area contributed by atoms with E-state index in [-0.39, 0.29) is 5.21 Å². The third-order valence-electron chi connectivity index (χ3n) is 3.93. The first-order valence-electron chi connectivity index (χ1n) is 5.77. The highest BCUT2D eigenvalue weighted by Gasteiger charge is 2.38. The molecule has 2 saturated heterocycles. The molecule has 2 aliphatic rings. The summed E-state index contributed by atoms with van der Waals surface area (Å²) in [5, 5.41) is -0.341. The van der Waals surface area contributed by atoms with Crippen LogP contribution in [0.3, 0.4) is 0 Å². The van der Waals surface area contributed by atoms with Gasteiger partial charge in [0.1, 0.15) is 5.21 Å². The molecular formula is C10H19ClN2O2S. The zero-order valence-corrected chi connectivity index (χ0v) is 11.1. The fourth-order valence-corrected chi connectivity index (χ4v) is 3.77. The summed E-state index contributed by atoms with van der Waals surface area (Å²) >= 11 is 5.35. The van der Waals surface area contributed by atoms with Crippen LogP contribution in [0.4, 0.5) is 0 Å². The second-order valence-electron chi connectivity index (χ2n) is 4.96. The van der Waals surface area contributed by atoms with Crippen molar-refractivity contribution in [2.45, 2.75) is 37.8 Å². The molecule has 0 spiro atoms. The normalized spacial score (nSPS) is 35.5. The van der Waals surface area contributed by atoms with E-state index in [4.69, 9.17) is 11.6 Å². The summed E-state index contributed by atoms with van der Waals surface area (Å²) < 4.78 is 25.0. The van der Waals surface area contributed by atoms with E-state index in [1.807, 2.05) is 0 Å². The van der Waals surface area contributed by atoms with Crippen LogP contribution in [0.1, 0.15) is 25.7 Å². The van der Waals surface area contributed by atoms with Gasteiger partial charge >= 0.3 is 0 Å². The molecule has 4 nitrogen and oxygen atoms in total. The number of nitrogens with one attached hydrogen (secondary N) is 1. The summed E-state index contributed by atoms with van der Waals surface area (Å²) in [5.74, 6) is 0.478. The lowest BCUT2D eigenvalue weighted by Gasteiger charge is -2.36. The quantitative estimate of drug-likeness (QED) is 0.772. The number of fused-ring (bicyclic) bond motifs is 2. The Morgan fingerprint density at radius 1 is 1.31 bits per heavy atom. The van der Waals surface area contributed by atoms with Gasteiger partial charge in [-0.3, -0.25) is 0 Å². The van der Waals surface area contributed by atoms with Crippen LogP contribution in [0, 0.1) is 5.92 Å². The molecule has 2 aliphatic heterocycles. The van der Waals surface area contributed by atoms with Gasteiger partial charge in [-0.05, 0) is 38.6 Å². The van der Waals surface area contributed by atoms with E-state index in [1.165, 1.54) is 12.8 Å². The Balaban J connectivity index is 1.85. The monoisotopic (exact) mass is 266 g/mol. The van der Waals surface area contributed by atoms with Crippen LogP contribution in [0.15, 0.2) is 0 Å².